The summed E-state index contributed by atoms with van der Waals surface area (Å²) in [6, 6.07) is 5.70. The quantitative estimate of drug-likeness (QED) is 0.910. The molecule has 2 aromatic heterocycles. The Kier molecular flexibility index (Phi) is 4.68. The summed E-state index contributed by atoms with van der Waals surface area (Å²) >= 11 is 1.16. The van der Waals surface area contributed by atoms with Crippen LogP contribution in [0, 0.1) is 13.8 Å². The molecule has 6 heteroatoms. The largest absolute Gasteiger partial charge is 0.350 e. The number of hydrogen-bond acceptors (Lipinski definition) is 4. The summed E-state index contributed by atoms with van der Waals surface area (Å²) in [6.07, 6.45) is 0.295. The van der Waals surface area contributed by atoms with Gasteiger partial charge in [-0.05, 0) is 26.0 Å². The standard InChI is InChI=1S/C14H17N3O2S/c1-10-4-3-5-12(16-10)8-15-13(18)6-7-17-11(2)9-20-14(17)19/h3-5,9H,6-8H2,1-2H3,(H,15,18). The lowest BCUT2D eigenvalue weighted by Crippen LogP contribution is -2.26. The number of amides is 1. The lowest BCUT2D eigenvalue weighted by molar-refractivity contribution is -0.121. The third-order valence-corrected chi connectivity index (χ3v) is 3.83. The molecule has 2 aromatic rings. The molecular formula is C14H17N3O2S. The zero-order valence-corrected chi connectivity index (χ0v) is 12.4. The molecule has 0 aliphatic heterocycles. The Labute approximate surface area is 121 Å². The van der Waals surface area contributed by atoms with Gasteiger partial charge in [0.25, 0.3) is 0 Å². The van der Waals surface area contributed by atoms with E-state index in [2.05, 4.69) is 10.3 Å². The Morgan fingerprint density at radius 3 is 2.85 bits per heavy atom. The Balaban J connectivity index is 1.83. The fourth-order valence-corrected chi connectivity index (χ4v) is 2.62. The molecule has 2 rings (SSSR count). The van der Waals surface area contributed by atoms with Crippen LogP contribution in [0.3, 0.4) is 0 Å². The first-order valence-electron chi connectivity index (χ1n) is 6.40. The van der Waals surface area contributed by atoms with E-state index in [4.69, 9.17) is 0 Å². The molecule has 0 spiro atoms. The van der Waals surface area contributed by atoms with Gasteiger partial charge in [-0.25, -0.2) is 0 Å². The average molecular weight is 291 g/mol. The maximum absolute atomic E-state index is 11.8. The number of nitrogens with zero attached hydrogens (tertiary/aromatic N) is 2. The highest BCUT2D eigenvalue weighted by Gasteiger charge is 2.06. The molecule has 2 heterocycles. The molecule has 1 N–H and O–H groups in total. The van der Waals surface area contributed by atoms with Gasteiger partial charge in [-0.3, -0.25) is 14.6 Å². The van der Waals surface area contributed by atoms with E-state index in [1.54, 1.807) is 9.95 Å². The second-order valence-electron chi connectivity index (χ2n) is 4.59. The molecular weight excluding hydrogens is 274 g/mol. The van der Waals surface area contributed by atoms with Crippen LogP contribution >= 0.6 is 11.3 Å². The number of carbonyl (C=O) groups excluding carboxylic acids is 1. The van der Waals surface area contributed by atoms with Crippen molar-refractivity contribution in [3.8, 4) is 0 Å². The molecule has 5 nitrogen and oxygen atoms in total. The highest BCUT2D eigenvalue weighted by molar-refractivity contribution is 7.07. The lowest BCUT2D eigenvalue weighted by atomic mass is 10.3. The van der Waals surface area contributed by atoms with Crippen molar-refractivity contribution in [3.05, 3.63) is 50.3 Å². The number of thiazole rings is 1. The summed E-state index contributed by atoms with van der Waals surface area (Å²) in [4.78, 5) is 27.6. The van der Waals surface area contributed by atoms with Crippen LogP contribution in [0.1, 0.15) is 23.5 Å². The van der Waals surface area contributed by atoms with Crippen LogP contribution in [0.4, 0.5) is 0 Å². The molecule has 20 heavy (non-hydrogen) atoms. The topological polar surface area (TPSA) is 64.0 Å². The van der Waals surface area contributed by atoms with Gasteiger partial charge < -0.3 is 9.88 Å². The molecule has 106 valence electrons. The number of aryl methyl sites for hydroxylation is 2. The van der Waals surface area contributed by atoms with E-state index in [9.17, 15) is 9.59 Å². The van der Waals surface area contributed by atoms with Crippen LogP contribution in [-0.2, 0) is 17.9 Å². The van der Waals surface area contributed by atoms with Crippen LogP contribution in [-0.4, -0.2) is 15.5 Å². The molecule has 0 saturated carbocycles. The predicted molar refractivity (Wildman–Crippen MR) is 78.8 cm³/mol. The van der Waals surface area contributed by atoms with Crippen molar-refractivity contribution in [1.82, 2.24) is 14.9 Å². The van der Waals surface area contributed by atoms with Crippen molar-refractivity contribution >= 4 is 17.2 Å². The normalized spacial score (nSPS) is 10.5. The van der Waals surface area contributed by atoms with Crippen LogP contribution in [0.2, 0.25) is 0 Å². The van der Waals surface area contributed by atoms with Gasteiger partial charge in [0.1, 0.15) is 0 Å². The smallest absolute Gasteiger partial charge is 0.307 e. The molecule has 0 aromatic carbocycles. The van der Waals surface area contributed by atoms with Gasteiger partial charge in [0.15, 0.2) is 0 Å². The van der Waals surface area contributed by atoms with Crippen molar-refractivity contribution in [2.24, 2.45) is 0 Å². The fourth-order valence-electron chi connectivity index (χ4n) is 1.86. The molecule has 0 bridgehead atoms. The first-order valence-corrected chi connectivity index (χ1v) is 7.28. The lowest BCUT2D eigenvalue weighted by Gasteiger charge is -2.06. The SMILES string of the molecule is Cc1cccc(CNC(=O)CCn2c(C)csc2=O)n1. The number of carbonyl (C=O) groups is 1. The van der Waals surface area contributed by atoms with Crippen LogP contribution in [0.15, 0.2) is 28.4 Å². The van der Waals surface area contributed by atoms with Crippen LogP contribution in [0.5, 0.6) is 0 Å². The number of pyridine rings is 1. The minimum atomic E-state index is -0.0780. The highest BCUT2D eigenvalue weighted by Crippen LogP contribution is 2.01. The van der Waals surface area contributed by atoms with Crippen molar-refractivity contribution in [1.29, 1.82) is 0 Å². The summed E-state index contributed by atoms with van der Waals surface area (Å²) in [6.45, 7) is 4.61. The number of hydrogen-bond donors (Lipinski definition) is 1. The number of nitrogens with one attached hydrogen (secondary N) is 1. The molecule has 0 unspecified atom stereocenters. The summed E-state index contributed by atoms with van der Waals surface area (Å²) in [5.74, 6) is -0.0780. The minimum Gasteiger partial charge on any atom is -0.350 e. The van der Waals surface area contributed by atoms with E-state index >= 15 is 0 Å². The van der Waals surface area contributed by atoms with E-state index in [0.29, 0.717) is 19.5 Å². The Hall–Kier alpha value is -1.95. The third kappa shape index (κ3) is 3.77. The van der Waals surface area contributed by atoms with Crippen LogP contribution < -0.4 is 10.2 Å². The van der Waals surface area contributed by atoms with Crippen molar-refractivity contribution in [3.63, 3.8) is 0 Å². The summed E-state index contributed by atoms with van der Waals surface area (Å²) in [5.41, 5.74) is 2.66. The van der Waals surface area contributed by atoms with Gasteiger partial charge in [-0.1, -0.05) is 17.4 Å². The van der Waals surface area contributed by atoms with Crippen molar-refractivity contribution < 1.29 is 4.79 Å². The first kappa shape index (κ1) is 14.5. The minimum absolute atomic E-state index is 0.0179. The highest BCUT2D eigenvalue weighted by atomic mass is 32.1. The molecule has 0 radical (unpaired) electrons. The second-order valence-corrected chi connectivity index (χ2v) is 5.41. The van der Waals surface area contributed by atoms with E-state index in [-0.39, 0.29) is 10.8 Å². The molecule has 0 aliphatic carbocycles. The zero-order chi connectivity index (χ0) is 14.5. The van der Waals surface area contributed by atoms with Gasteiger partial charge in [0, 0.05) is 29.7 Å². The third-order valence-electron chi connectivity index (χ3n) is 2.95. The summed E-state index contributed by atoms with van der Waals surface area (Å²) < 4.78 is 1.62. The molecule has 0 aliphatic rings. The van der Waals surface area contributed by atoms with Crippen molar-refractivity contribution in [2.45, 2.75) is 33.4 Å². The van der Waals surface area contributed by atoms with E-state index in [1.165, 1.54) is 0 Å². The van der Waals surface area contributed by atoms with Gasteiger partial charge in [-0.2, -0.15) is 0 Å². The molecule has 0 fully saturated rings. The van der Waals surface area contributed by atoms with E-state index in [1.807, 2.05) is 32.0 Å². The Morgan fingerprint density at radius 1 is 1.40 bits per heavy atom. The second kappa shape index (κ2) is 6.47. The molecule has 0 saturated heterocycles. The maximum atomic E-state index is 11.8. The maximum Gasteiger partial charge on any atom is 0.307 e. The number of rotatable bonds is 5. The fraction of sp³-hybridized carbons (Fsp3) is 0.357. The molecule has 0 atom stereocenters. The zero-order valence-electron chi connectivity index (χ0n) is 11.5. The van der Waals surface area contributed by atoms with Gasteiger partial charge in [0.05, 0.1) is 12.2 Å². The van der Waals surface area contributed by atoms with E-state index < -0.39 is 0 Å². The van der Waals surface area contributed by atoms with Gasteiger partial charge in [0.2, 0.25) is 5.91 Å². The summed E-state index contributed by atoms with van der Waals surface area (Å²) in [7, 11) is 0. The van der Waals surface area contributed by atoms with Gasteiger partial charge in [-0.15, -0.1) is 0 Å². The first-order chi connectivity index (χ1) is 9.56. The average Bonchev–Trinajstić information content (AvgIpc) is 2.74. The summed E-state index contributed by atoms with van der Waals surface area (Å²) in [5, 5.41) is 4.62. The van der Waals surface area contributed by atoms with Crippen LogP contribution in [0.25, 0.3) is 0 Å². The Morgan fingerprint density at radius 2 is 2.20 bits per heavy atom. The van der Waals surface area contributed by atoms with Crippen molar-refractivity contribution in [2.75, 3.05) is 0 Å². The monoisotopic (exact) mass is 291 g/mol. The number of aromatic nitrogens is 2. The Bertz CT molecular complexity index is 660. The molecule has 1 amide bonds. The predicted octanol–water partition coefficient (Wildman–Crippen LogP) is 1.63. The van der Waals surface area contributed by atoms with E-state index in [0.717, 1.165) is 28.4 Å². The van der Waals surface area contributed by atoms with Gasteiger partial charge >= 0.3 is 4.87 Å².